The molecule has 0 atom stereocenters. The van der Waals surface area contributed by atoms with Crippen LogP contribution in [0.15, 0.2) is 34.9 Å². The van der Waals surface area contributed by atoms with Gasteiger partial charge in [0.05, 0.1) is 6.26 Å². The Morgan fingerprint density at radius 2 is 2.29 bits per heavy atom. The molecule has 72 valence electrons. The fraction of sp³-hybridized carbons (Fsp3) is 0.100. The molecule has 0 amide bonds. The molecule has 1 aromatic carbocycles. The van der Waals surface area contributed by atoms with Crippen molar-refractivity contribution in [1.82, 2.24) is 0 Å². The highest BCUT2D eigenvalue weighted by molar-refractivity contribution is 8.13. The lowest BCUT2D eigenvalue weighted by molar-refractivity contribution is 0.616. The Kier molecular flexibility index (Phi) is 2.45. The molecule has 0 aliphatic heterocycles. The van der Waals surface area contributed by atoms with Crippen LogP contribution < -0.4 is 5.73 Å². The molecule has 4 heteroatoms. The Bertz CT molecular complexity index is 464. The van der Waals surface area contributed by atoms with Gasteiger partial charge in [-0.3, -0.25) is 5.41 Å². The average Bonchev–Trinajstić information content (AvgIpc) is 2.61. The van der Waals surface area contributed by atoms with E-state index in [0.717, 1.165) is 22.3 Å². The summed E-state index contributed by atoms with van der Waals surface area (Å²) in [7, 11) is 0. The molecular weight excluding hydrogens is 196 g/mol. The van der Waals surface area contributed by atoms with Gasteiger partial charge in [-0.2, -0.15) is 0 Å². The minimum absolute atomic E-state index is 0.150. The van der Waals surface area contributed by atoms with Crippen molar-refractivity contribution in [2.24, 2.45) is 5.73 Å². The van der Waals surface area contributed by atoms with Crippen LogP contribution >= 0.6 is 11.8 Å². The Balaban J connectivity index is 2.21. The number of hydrogen-bond donors (Lipinski definition) is 2. The Hall–Kier alpha value is -1.42. The van der Waals surface area contributed by atoms with Crippen LogP contribution in [0.4, 0.5) is 0 Å². The summed E-state index contributed by atoms with van der Waals surface area (Å²) >= 11 is 1.33. The number of nitrogens with two attached hydrogens (primary N) is 1. The molecule has 14 heavy (non-hydrogen) atoms. The van der Waals surface area contributed by atoms with Crippen LogP contribution in [0.1, 0.15) is 5.56 Å². The quantitative estimate of drug-likeness (QED) is 0.586. The van der Waals surface area contributed by atoms with Crippen molar-refractivity contribution in [2.45, 2.75) is 5.75 Å². The van der Waals surface area contributed by atoms with Crippen molar-refractivity contribution in [3.63, 3.8) is 0 Å². The minimum atomic E-state index is 0.150. The van der Waals surface area contributed by atoms with Crippen LogP contribution in [-0.4, -0.2) is 5.17 Å². The Morgan fingerprint density at radius 1 is 1.43 bits per heavy atom. The number of furan rings is 1. The average molecular weight is 206 g/mol. The highest BCUT2D eigenvalue weighted by Crippen LogP contribution is 2.19. The monoisotopic (exact) mass is 206 g/mol. The zero-order valence-electron chi connectivity index (χ0n) is 7.49. The zero-order chi connectivity index (χ0) is 9.97. The fourth-order valence-electron chi connectivity index (χ4n) is 1.27. The van der Waals surface area contributed by atoms with E-state index >= 15 is 0 Å². The summed E-state index contributed by atoms with van der Waals surface area (Å²) in [5.74, 6) is 0.733. The third kappa shape index (κ3) is 1.90. The van der Waals surface area contributed by atoms with Crippen LogP contribution in [0.2, 0.25) is 0 Å². The van der Waals surface area contributed by atoms with Crippen LogP contribution in [0.3, 0.4) is 0 Å². The largest absolute Gasteiger partial charge is 0.464 e. The fourth-order valence-corrected chi connectivity index (χ4v) is 1.77. The summed E-state index contributed by atoms with van der Waals surface area (Å²) in [5, 5.41) is 8.34. The van der Waals surface area contributed by atoms with Gasteiger partial charge in [0.15, 0.2) is 5.17 Å². The lowest BCUT2D eigenvalue weighted by atomic mass is 10.2. The van der Waals surface area contributed by atoms with Gasteiger partial charge in [0.1, 0.15) is 5.58 Å². The van der Waals surface area contributed by atoms with Crippen molar-refractivity contribution in [3.05, 3.63) is 36.1 Å². The number of nitrogens with one attached hydrogen (secondary N) is 1. The molecule has 1 heterocycles. The number of fused-ring (bicyclic) bond motifs is 1. The van der Waals surface area contributed by atoms with Gasteiger partial charge in [0.2, 0.25) is 0 Å². The van der Waals surface area contributed by atoms with Gasteiger partial charge in [0, 0.05) is 11.1 Å². The van der Waals surface area contributed by atoms with Crippen LogP contribution in [0.5, 0.6) is 0 Å². The van der Waals surface area contributed by atoms with Crippen molar-refractivity contribution < 1.29 is 4.42 Å². The molecule has 3 N–H and O–H groups in total. The first-order chi connectivity index (χ1) is 6.75. The first-order valence-electron chi connectivity index (χ1n) is 4.18. The van der Waals surface area contributed by atoms with Crippen LogP contribution in [0.25, 0.3) is 11.0 Å². The third-order valence-corrected chi connectivity index (χ3v) is 2.70. The van der Waals surface area contributed by atoms with E-state index in [9.17, 15) is 0 Å². The molecule has 0 saturated heterocycles. The number of amidine groups is 1. The van der Waals surface area contributed by atoms with Crippen molar-refractivity contribution in [1.29, 1.82) is 5.41 Å². The van der Waals surface area contributed by atoms with E-state index in [1.807, 2.05) is 18.2 Å². The van der Waals surface area contributed by atoms with Gasteiger partial charge in [-0.25, -0.2) is 0 Å². The van der Waals surface area contributed by atoms with E-state index in [0.29, 0.717) is 0 Å². The van der Waals surface area contributed by atoms with Gasteiger partial charge >= 0.3 is 0 Å². The molecule has 3 nitrogen and oxygen atoms in total. The van der Waals surface area contributed by atoms with Crippen molar-refractivity contribution in [3.8, 4) is 0 Å². The van der Waals surface area contributed by atoms with Gasteiger partial charge < -0.3 is 10.2 Å². The van der Waals surface area contributed by atoms with Gasteiger partial charge in [0.25, 0.3) is 0 Å². The summed E-state index contributed by atoms with van der Waals surface area (Å²) in [6.45, 7) is 0. The molecular formula is C10H10N2OS. The summed E-state index contributed by atoms with van der Waals surface area (Å²) in [4.78, 5) is 0. The van der Waals surface area contributed by atoms with Gasteiger partial charge in [-0.1, -0.05) is 17.8 Å². The predicted octanol–water partition coefficient (Wildman–Crippen LogP) is 2.56. The molecule has 1 aromatic heterocycles. The third-order valence-electron chi connectivity index (χ3n) is 1.91. The molecule has 0 unspecified atom stereocenters. The Labute approximate surface area is 85.8 Å². The number of hydrogen-bond acceptors (Lipinski definition) is 3. The summed E-state index contributed by atoms with van der Waals surface area (Å²) in [6, 6.07) is 7.90. The summed E-state index contributed by atoms with van der Waals surface area (Å²) < 4.78 is 5.22. The van der Waals surface area contributed by atoms with E-state index in [2.05, 4.69) is 6.07 Å². The van der Waals surface area contributed by atoms with E-state index < -0.39 is 0 Å². The SMILES string of the molecule is N=C(N)SCc1ccc2occc2c1. The first-order valence-corrected chi connectivity index (χ1v) is 5.17. The topological polar surface area (TPSA) is 63.0 Å². The van der Waals surface area contributed by atoms with Gasteiger partial charge in [-0.15, -0.1) is 0 Å². The van der Waals surface area contributed by atoms with Crippen molar-refractivity contribution in [2.75, 3.05) is 0 Å². The second-order valence-corrected chi connectivity index (χ2v) is 3.96. The lowest BCUT2D eigenvalue weighted by Crippen LogP contribution is -2.03. The lowest BCUT2D eigenvalue weighted by Gasteiger charge is -1.99. The number of benzene rings is 1. The van der Waals surface area contributed by atoms with Crippen LogP contribution in [-0.2, 0) is 5.75 Å². The maximum Gasteiger partial charge on any atom is 0.151 e. The molecule has 0 fully saturated rings. The predicted molar refractivity (Wildman–Crippen MR) is 59.4 cm³/mol. The minimum Gasteiger partial charge on any atom is -0.464 e. The highest BCUT2D eigenvalue weighted by atomic mass is 32.2. The van der Waals surface area contributed by atoms with E-state index in [-0.39, 0.29) is 5.17 Å². The van der Waals surface area contributed by atoms with E-state index in [4.69, 9.17) is 15.6 Å². The second-order valence-electron chi connectivity index (χ2n) is 2.95. The molecule has 2 rings (SSSR count). The van der Waals surface area contributed by atoms with Gasteiger partial charge in [-0.05, 0) is 23.8 Å². The molecule has 0 spiro atoms. The summed E-state index contributed by atoms with van der Waals surface area (Å²) in [5.41, 5.74) is 7.30. The standard InChI is InChI=1S/C10H10N2OS/c11-10(12)14-6-7-1-2-9-8(5-7)3-4-13-9/h1-5H,6H2,(H3,11,12). The molecule has 2 aromatic rings. The second kappa shape index (κ2) is 3.75. The molecule has 0 aliphatic rings. The first kappa shape index (κ1) is 9.15. The number of thioether (sulfide) groups is 1. The Morgan fingerprint density at radius 3 is 3.07 bits per heavy atom. The van der Waals surface area contributed by atoms with Crippen molar-refractivity contribution >= 4 is 27.9 Å². The highest BCUT2D eigenvalue weighted by Gasteiger charge is 1.99. The maximum absolute atomic E-state index is 7.10. The molecule has 0 bridgehead atoms. The maximum atomic E-state index is 7.10. The van der Waals surface area contributed by atoms with E-state index in [1.54, 1.807) is 6.26 Å². The molecule has 0 saturated carbocycles. The zero-order valence-corrected chi connectivity index (χ0v) is 8.30. The molecule has 0 aliphatic carbocycles. The molecule has 0 radical (unpaired) electrons. The van der Waals surface area contributed by atoms with E-state index in [1.165, 1.54) is 11.8 Å². The normalized spacial score (nSPS) is 10.6. The summed E-state index contributed by atoms with van der Waals surface area (Å²) in [6.07, 6.45) is 1.67. The smallest absolute Gasteiger partial charge is 0.151 e. The number of rotatable bonds is 2. The van der Waals surface area contributed by atoms with Crippen LogP contribution in [0, 0.1) is 5.41 Å².